The Morgan fingerprint density at radius 3 is 2.61 bits per heavy atom. The van der Waals surface area contributed by atoms with Crippen LogP contribution in [0.3, 0.4) is 0 Å². The van der Waals surface area contributed by atoms with E-state index in [0.29, 0.717) is 40.9 Å². The highest BCUT2D eigenvalue weighted by Crippen LogP contribution is 2.45. The van der Waals surface area contributed by atoms with E-state index in [1.807, 2.05) is 0 Å². The number of aliphatic carboxylic acids is 2. The molecule has 5 heterocycles. The van der Waals surface area contributed by atoms with Crippen molar-refractivity contribution in [3.63, 3.8) is 0 Å². The van der Waals surface area contributed by atoms with Gasteiger partial charge in [-0.15, -0.1) is 11.8 Å². The lowest BCUT2D eigenvalue weighted by molar-refractivity contribution is -0.912. The van der Waals surface area contributed by atoms with Crippen LogP contribution in [0.25, 0.3) is 0 Å². The summed E-state index contributed by atoms with van der Waals surface area (Å²) in [5.41, 5.74) is 5.38. The molecule has 4 N–H and O–H groups in total. The number of aromatic nitrogens is 3. The molecule has 0 bridgehead atoms. The molecule has 17 heteroatoms. The number of fused-ring (bicyclic) bond motifs is 1. The van der Waals surface area contributed by atoms with Crippen molar-refractivity contribution in [2.75, 3.05) is 37.7 Å². The Hall–Kier alpha value is -4.09. The van der Waals surface area contributed by atoms with Crippen LogP contribution in [0.2, 0.25) is 0 Å². The van der Waals surface area contributed by atoms with Gasteiger partial charge in [0.25, 0.3) is 0 Å². The van der Waals surface area contributed by atoms with Gasteiger partial charge in [-0.3, -0.25) is 19.3 Å². The number of hydrogen-bond acceptors (Lipinski definition) is 13. The molecule has 3 aliphatic rings. The normalized spacial score (nSPS) is 21.2. The molecule has 0 spiro atoms. The number of aryl methyl sites for hydroxylation is 1. The number of nitrogens with zero attached hydrogens (tertiary/aromatic N) is 5. The number of pyridine rings is 1. The first-order chi connectivity index (χ1) is 21.7. The minimum atomic E-state index is -1.77. The molecule has 2 atom stereocenters. The SMILES string of the molecule is Cc1c[nH]c(CC[N+]2(CC3=C(C(=O)[O-])N4C(=O)C(CC(=O)/C(=N/OC(C)(C)C(=O)O)c5nsc(N)n5)C4SC3)CCCC2)cc1=O. The van der Waals surface area contributed by atoms with Gasteiger partial charge in [-0.25, -0.2) is 4.79 Å². The number of thioether (sulfide) groups is 1. The van der Waals surface area contributed by atoms with Gasteiger partial charge >= 0.3 is 5.97 Å². The second-order valence-electron chi connectivity index (χ2n) is 12.3. The summed E-state index contributed by atoms with van der Waals surface area (Å²) in [5, 5.41) is 25.0. The summed E-state index contributed by atoms with van der Waals surface area (Å²) in [4.78, 5) is 76.5. The van der Waals surface area contributed by atoms with E-state index in [4.69, 9.17) is 10.6 Å². The number of quaternary nitrogens is 1. The van der Waals surface area contributed by atoms with Crippen LogP contribution in [-0.2, 0) is 30.4 Å². The number of carbonyl (C=O) groups excluding carboxylic acids is 3. The Morgan fingerprint density at radius 2 is 2.00 bits per heavy atom. The highest BCUT2D eigenvalue weighted by atomic mass is 32.2. The number of carboxylic acid groups (broad SMARTS) is 2. The molecule has 0 aromatic carbocycles. The first-order valence-corrected chi connectivity index (χ1v) is 16.6. The molecule has 0 saturated carbocycles. The van der Waals surface area contributed by atoms with E-state index < -0.39 is 40.5 Å². The number of nitrogens with two attached hydrogens (primary N) is 1. The zero-order valence-electron chi connectivity index (χ0n) is 25.6. The summed E-state index contributed by atoms with van der Waals surface area (Å²) in [5.74, 6) is -4.69. The van der Waals surface area contributed by atoms with Crippen molar-refractivity contribution in [2.24, 2.45) is 11.1 Å². The lowest BCUT2D eigenvalue weighted by Gasteiger charge is -2.51. The third kappa shape index (κ3) is 6.71. The predicted molar refractivity (Wildman–Crippen MR) is 166 cm³/mol. The summed E-state index contributed by atoms with van der Waals surface area (Å²) < 4.78 is 4.62. The zero-order chi connectivity index (χ0) is 33.4. The molecule has 246 valence electrons. The van der Waals surface area contributed by atoms with Crippen LogP contribution in [0.15, 0.2) is 33.5 Å². The molecule has 5 rings (SSSR count). The van der Waals surface area contributed by atoms with Crippen LogP contribution >= 0.6 is 23.3 Å². The van der Waals surface area contributed by atoms with Gasteiger partial charge in [0, 0.05) is 72.1 Å². The number of likely N-dealkylation sites (tertiary alicyclic amines) is 1. The van der Waals surface area contributed by atoms with Gasteiger partial charge in [-0.1, -0.05) is 5.16 Å². The number of hydrogen-bond donors (Lipinski definition) is 3. The van der Waals surface area contributed by atoms with E-state index >= 15 is 0 Å². The molecular formula is C29H35N7O8S2. The monoisotopic (exact) mass is 673 g/mol. The maximum Gasteiger partial charge on any atom is 0.350 e. The standard InChI is InChI=1S/C29H35N7O8S2/c1-15-12-31-17(10-19(15)37)6-9-36(7-4-5-8-36)13-16-14-45-25-18(24(39)35(25)22(16)26(40)41)11-20(38)21(23-32-28(30)46-34-23)33-44-29(2,3)27(42)43/h10,12,18,25H,4-9,11,13-14H2,1-3H3,(H4-,30,31,32,34,37,40,41,42,43)/b33-21-. The number of carbonyl (C=O) groups is 4. The Morgan fingerprint density at radius 1 is 1.28 bits per heavy atom. The van der Waals surface area contributed by atoms with Crippen LogP contribution in [0.5, 0.6) is 0 Å². The van der Waals surface area contributed by atoms with Crippen molar-refractivity contribution >= 4 is 57.8 Å². The van der Waals surface area contributed by atoms with Gasteiger partial charge in [0.1, 0.15) is 6.54 Å². The van der Waals surface area contributed by atoms with E-state index in [2.05, 4.69) is 19.5 Å². The Bertz CT molecular complexity index is 1690. The van der Waals surface area contributed by atoms with Gasteiger partial charge in [0.15, 0.2) is 22.1 Å². The molecule has 2 fully saturated rings. The van der Waals surface area contributed by atoms with Crippen molar-refractivity contribution in [3.05, 3.63) is 50.8 Å². The fourth-order valence-electron chi connectivity index (χ4n) is 5.93. The number of nitrogens with one attached hydrogen (secondary N) is 1. The number of aromatic amines is 1. The van der Waals surface area contributed by atoms with Crippen LogP contribution < -0.4 is 16.3 Å². The number of β-lactam (4-membered cyclic amide) rings is 1. The van der Waals surface area contributed by atoms with Gasteiger partial charge < -0.3 is 35.0 Å². The van der Waals surface area contributed by atoms with Crippen molar-refractivity contribution in [1.82, 2.24) is 19.2 Å². The lowest BCUT2D eigenvalue weighted by Crippen LogP contribution is -2.64. The summed E-state index contributed by atoms with van der Waals surface area (Å²) >= 11 is 2.18. The minimum Gasteiger partial charge on any atom is -0.543 e. The minimum absolute atomic E-state index is 0.0373. The van der Waals surface area contributed by atoms with Crippen molar-refractivity contribution < 1.29 is 38.7 Å². The fourth-order valence-corrected chi connectivity index (χ4v) is 7.77. The summed E-state index contributed by atoms with van der Waals surface area (Å²) in [6, 6.07) is 1.60. The summed E-state index contributed by atoms with van der Waals surface area (Å²) in [7, 11) is 0. The molecule has 2 saturated heterocycles. The number of rotatable bonds is 13. The van der Waals surface area contributed by atoms with E-state index in [9.17, 15) is 34.2 Å². The second kappa shape index (κ2) is 13.0. The fraction of sp³-hybridized carbons (Fsp3) is 0.517. The van der Waals surface area contributed by atoms with Crippen LogP contribution in [0, 0.1) is 12.8 Å². The number of nitrogen functional groups attached to an aromatic ring is 1. The molecule has 0 radical (unpaired) electrons. The molecular weight excluding hydrogens is 638 g/mol. The van der Waals surface area contributed by atoms with E-state index in [-0.39, 0.29) is 34.2 Å². The molecule has 2 unspecified atom stereocenters. The quantitative estimate of drug-likeness (QED) is 0.111. The van der Waals surface area contributed by atoms with Gasteiger partial charge in [-0.05, 0) is 20.8 Å². The van der Waals surface area contributed by atoms with E-state index in [1.165, 1.54) is 30.5 Å². The molecule has 46 heavy (non-hydrogen) atoms. The molecule has 2 aromatic rings. The van der Waals surface area contributed by atoms with Gasteiger partial charge in [-0.2, -0.15) is 9.36 Å². The van der Waals surface area contributed by atoms with Crippen molar-refractivity contribution in [1.29, 1.82) is 0 Å². The highest BCUT2D eigenvalue weighted by Gasteiger charge is 2.53. The number of carboxylic acids is 2. The average molecular weight is 674 g/mol. The highest BCUT2D eigenvalue weighted by molar-refractivity contribution is 8.00. The third-order valence-electron chi connectivity index (χ3n) is 8.62. The number of amides is 1. The Labute approximate surface area is 272 Å². The lowest BCUT2D eigenvalue weighted by atomic mass is 9.89. The Kier molecular flexibility index (Phi) is 9.38. The van der Waals surface area contributed by atoms with Crippen LogP contribution in [-0.4, -0.2) is 101 Å². The number of anilines is 1. The summed E-state index contributed by atoms with van der Waals surface area (Å²) in [6.45, 7) is 7.05. The van der Waals surface area contributed by atoms with Crippen molar-refractivity contribution in [3.8, 4) is 0 Å². The average Bonchev–Trinajstić information content (AvgIpc) is 3.65. The van der Waals surface area contributed by atoms with Gasteiger partial charge in [0.05, 0.1) is 42.6 Å². The maximum absolute atomic E-state index is 13.4. The molecule has 0 aliphatic carbocycles. The Balaban J connectivity index is 1.33. The maximum atomic E-state index is 13.4. The molecule has 1 amide bonds. The first-order valence-electron chi connectivity index (χ1n) is 14.7. The predicted octanol–water partition coefficient (Wildman–Crippen LogP) is 0.0487. The largest absolute Gasteiger partial charge is 0.543 e. The molecule has 2 aromatic heterocycles. The topological polar surface area (TPSA) is 221 Å². The number of ketones is 1. The van der Waals surface area contributed by atoms with E-state index in [1.54, 1.807) is 19.2 Å². The molecule has 3 aliphatic heterocycles. The third-order valence-corrected chi connectivity index (χ3v) is 10.6. The zero-order valence-corrected chi connectivity index (χ0v) is 27.2. The molecule has 15 nitrogen and oxygen atoms in total. The number of oxime groups is 1. The second-order valence-corrected chi connectivity index (χ2v) is 14.2. The van der Waals surface area contributed by atoms with Gasteiger partial charge in [0.2, 0.25) is 17.3 Å². The number of Topliss-reactive ketones (excluding diaryl/α,β-unsaturated/α-hetero) is 1. The first kappa shape index (κ1) is 33.3. The number of H-pyrrole nitrogens is 1. The van der Waals surface area contributed by atoms with Crippen LogP contribution in [0.4, 0.5) is 5.13 Å². The van der Waals surface area contributed by atoms with E-state index in [0.717, 1.165) is 43.2 Å². The van der Waals surface area contributed by atoms with Crippen LogP contribution in [0.1, 0.15) is 50.2 Å². The smallest absolute Gasteiger partial charge is 0.350 e. The van der Waals surface area contributed by atoms with Crippen molar-refractivity contribution in [2.45, 2.75) is 57.4 Å². The summed E-state index contributed by atoms with van der Waals surface area (Å²) in [6.07, 6.45) is 3.92.